The number of methoxy groups -OCH3 is 1. The number of benzene rings is 1. The lowest BCUT2D eigenvalue weighted by Gasteiger charge is -2.07. The van der Waals surface area contributed by atoms with Crippen LogP contribution in [0.3, 0.4) is 0 Å². The summed E-state index contributed by atoms with van der Waals surface area (Å²) >= 11 is 0. The highest BCUT2D eigenvalue weighted by atomic mass is 16.5. The van der Waals surface area contributed by atoms with E-state index in [9.17, 15) is 9.59 Å². The second kappa shape index (κ2) is 6.49. The van der Waals surface area contributed by atoms with Crippen molar-refractivity contribution >= 4 is 17.7 Å². The van der Waals surface area contributed by atoms with Crippen LogP contribution < -0.4 is 10.6 Å². The van der Waals surface area contributed by atoms with E-state index in [0.717, 1.165) is 0 Å². The van der Waals surface area contributed by atoms with Gasteiger partial charge in [-0.3, -0.25) is 4.79 Å². The lowest BCUT2D eigenvalue weighted by Crippen LogP contribution is -2.30. The van der Waals surface area contributed by atoms with Gasteiger partial charge >= 0.3 is 12.0 Å². The Morgan fingerprint density at radius 2 is 1.94 bits per heavy atom. The first-order chi connectivity index (χ1) is 8.11. The minimum Gasteiger partial charge on any atom is -0.481 e. The Kier molecular flexibility index (Phi) is 4.96. The van der Waals surface area contributed by atoms with Gasteiger partial charge in [0.25, 0.3) is 0 Å². The lowest BCUT2D eigenvalue weighted by atomic mass is 10.1. The summed E-state index contributed by atoms with van der Waals surface area (Å²) in [5, 5.41) is 13.6. The smallest absolute Gasteiger partial charge is 0.321 e. The number of carboxylic acids is 1. The van der Waals surface area contributed by atoms with E-state index in [0.29, 0.717) is 11.3 Å². The molecule has 0 aliphatic heterocycles. The zero-order chi connectivity index (χ0) is 12.7. The Hall–Kier alpha value is -2.08. The number of carbonyl (C=O) groups excluding carboxylic acids is 1. The summed E-state index contributed by atoms with van der Waals surface area (Å²) in [7, 11) is 1.47. The van der Waals surface area contributed by atoms with Gasteiger partial charge in [-0.1, -0.05) is 12.1 Å². The van der Waals surface area contributed by atoms with E-state index in [1.807, 2.05) is 0 Å². The quantitative estimate of drug-likeness (QED) is 0.669. The largest absolute Gasteiger partial charge is 0.481 e. The van der Waals surface area contributed by atoms with Crippen molar-refractivity contribution in [3.05, 3.63) is 29.8 Å². The predicted molar refractivity (Wildman–Crippen MR) is 61.8 cm³/mol. The summed E-state index contributed by atoms with van der Waals surface area (Å²) in [5.41, 5.74) is 1.27. The molecule has 0 atom stereocenters. The molecule has 0 saturated heterocycles. The molecule has 0 aromatic heterocycles. The van der Waals surface area contributed by atoms with Crippen LogP contribution in [-0.2, 0) is 16.0 Å². The van der Waals surface area contributed by atoms with Gasteiger partial charge in [0.05, 0.1) is 6.42 Å². The van der Waals surface area contributed by atoms with Crippen molar-refractivity contribution in [3.63, 3.8) is 0 Å². The fourth-order valence-electron chi connectivity index (χ4n) is 1.19. The van der Waals surface area contributed by atoms with Crippen LogP contribution in [0.1, 0.15) is 5.56 Å². The maximum atomic E-state index is 11.2. The van der Waals surface area contributed by atoms with Gasteiger partial charge in [-0.25, -0.2) is 4.79 Å². The molecule has 0 fully saturated rings. The molecule has 6 nitrogen and oxygen atoms in total. The lowest BCUT2D eigenvalue weighted by molar-refractivity contribution is -0.136. The fourth-order valence-corrected chi connectivity index (χ4v) is 1.19. The molecule has 0 saturated carbocycles. The van der Waals surface area contributed by atoms with Gasteiger partial charge in [0.15, 0.2) is 0 Å². The Morgan fingerprint density at radius 1 is 1.29 bits per heavy atom. The Morgan fingerprint density at radius 3 is 2.47 bits per heavy atom. The number of nitrogens with one attached hydrogen (secondary N) is 2. The van der Waals surface area contributed by atoms with Gasteiger partial charge in [-0.15, -0.1) is 0 Å². The van der Waals surface area contributed by atoms with E-state index < -0.39 is 5.97 Å². The average molecular weight is 238 g/mol. The zero-order valence-corrected chi connectivity index (χ0v) is 9.40. The number of anilines is 1. The molecular weight excluding hydrogens is 224 g/mol. The summed E-state index contributed by atoms with van der Waals surface area (Å²) in [5.74, 6) is -0.886. The number of urea groups is 1. The van der Waals surface area contributed by atoms with Crippen molar-refractivity contribution in [1.82, 2.24) is 5.32 Å². The molecule has 0 aliphatic rings. The first-order valence-electron chi connectivity index (χ1n) is 4.96. The molecule has 6 heteroatoms. The third-order valence-electron chi connectivity index (χ3n) is 1.94. The molecule has 2 amide bonds. The van der Waals surface area contributed by atoms with Crippen LogP contribution in [0.5, 0.6) is 0 Å². The predicted octanol–water partition coefficient (Wildman–Crippen LogP) is 1.04. The van der Waals surface area contributed by atoms with Gasteiger partial charge in [-0.05, 0) is 17.7 Å². The van der Waals surface area contributed by atoms with Gasteiger partial charge in [0.2, 0.25) is 0 Å². The number of amides is 2. The molecule has 0 unspecified atom stereocenters. The number of hydrogen-bond acceptors (Lipinski definition) is 3. The van der Waals surface area contributed by atoms with E-state index in [2.05, 4.69) is 15.4 Å². The van der Waals surface area contributed by atoms with E-state index in [1.165, 1.54) is 7.11 Å². The Bertz CT molecular complexity index is 389. The van der Waals surface area contributed by atoms with Gasteiger partial charge in [0.1, 0.15) is 6.73 Å². The molecule has 92 valence electrons. The second-order valence-electron chi connectivity index (χ2n) is 3.33. The molecule has 3 N–H and O–H groups in total. The Labute approximate surface area is 98.6 Å². The summed E-state index contributed by atoms with van der Waals surface area (Å²) in [4.78, 5) is 21.7. The van der Waals surface area contributed by atoms with Crippen molar-refractivity contribution in [1.29, 1.82) is 0 Å². The van der Waals surface area contributed by atoms with Gasteiger partial charge < -0.3 is 20.5 Å². The van der Waals surface area contributed by atoms with Crippen LogP contribution in [-0.4, -0.2) is 30.9 Å². The maximum absolute atomic E-state index is 11.2. The van der Waals surface area contributed by atoms with E-state index >= 15 is 0 Å². The zero-order valence-electron chi connectivity index (χ0n) is 9.40. The standard InChI is InChI=1S/C11H14N2O4/c1-17-7-12-11(16)13-9-4-2-8(3-5-9)6-10(14)15/h2-5H,6-7H2,1H3,(H,14,15)(H2,12,13,16). The van der Waals surface area contributed by atoms with Crippen molar-refractivity contribution in [3.8, 4) is 0 Å². The van der Waals surface area contributed by atoms with E-state index in [4.69, 9.17) is 5.11 Å². The fraction of sp³-hybridized carbons (Fsp3) is 0.273. The minimum absolute atomic E-state index is 0.0316. The molecular formula is C11H14N2O4. The number of carboxylic acid groups (broad SMARTS) is 1. The summed E-state index contributed by atoms with van der Waals surface area (Å²) in [6.07, 6.45) is -0.0316. The second-order valence-corrected chi connectivity index (χ2v) is 3.33. The van der Waals surface area contributed by atoms with Crippen molar-refractivity contribution in [2.45, 2.75) is 6.42 Å². The number of hydrogen-bond donors (Lipinski definition) is 3. The number of carbonyl (C=O) groups is 2. The summed E-state index contributed by atoms with van der Waals surface area (Å²) < 4.78 is 4.68. The van der Waals surface area contributed by atoms with Crippen molar-refractivity contribution in [2.75, 3.05) is 19.2 Å². The molecule has 0 radical (unpaired) electrons. The summed E-state index contributed by atoms with van der Waals surface area (Å²) in [6, 6.07) is 6.22. The van der Waals surface area contributed by atoms with E-state index in [-0.39, 0.29) is 19.2 Å². The molecule has 1 aromatic carbocycles. The normalized spacial score (nSPS) is 9.71. The molecule has 0 aliphatic carbocycles. The Balaban J connectivity index is 2.50. The van der Waals surface area contributed by atoms with Crippen molar-refractivity contribution < 1.29 is 19.4 Å². The topological polar surface area (TPSA) is 87.7 Å². The average Bonchev–Trinajstić information content (AvgIpc) is 2.28. The van der Waals surface area contributed by atoms with Crippen molar-refractivity contribution in [2.24, 2.45) is 0 Å². The highest BCUT2D eigenvalue weighted by Crippen LogP contribution is 2.09. The summed E-state index contributed by atoms with van der Waals surface area (Å²) in [6.45, 7) is 0.128. The molecule has 1 aromatic rings. The third kappa shape index (κ3) is 4.98. The van der Waals surface area contributed by atoms with Crippen LogP contribution in [0, 0.1) is 0 Å². The molecule has 0 spiro atoms. The highest BCUT2D eigenvalue weighted by Gasteiger charge is 2.02. The molecule has 17 heavy (non-hydrogen) atoms. The SMILES string of the molecule is COCNC(=O)Nc1ccc(CC(=O)O)cc1. The number of ether oxygens (including phenoxy) is 1. The first-order valence-corrected chi connectivity index (χ1v) is 4.96. The maximum Gasteiger partial charge on any atom is 0.321 e. The van der Waals surface area contributed by atoms with Crippen LogP contribution in [0.25, 0.3) is 0 Å². The van der Waals surface area contributed by atoms with Crippen LogP contribution in [0.4, 0.5) is 10.5 Å². The number of rotatable bonds is 5. The van der Waals surface area contributed by atoms with Gasteiger partial charge in [-0.2, -0.15) is 0 Å². The molecule has 0 bridgehead atoms. The molecule has 0 heterocycles. The highest BCUT2D eigenvalue weighted by molar-refractivity contribution is 5.89. The third-order valence-corrected chi connectivity index (χ3v) is 1.94. The minimum atomic E-state index is -0.886. The van der Waals surface area contributed by atoms with E-state index in [1.54, 1.807) is 24.3 Å². The monoisotopic (exact) mass is 238 g/mol. The van der Waals surface area contributed by atoms with Crippen LogP contribution >= 0.6 is 0 Å². The van der Waals surface area contributed by atoms with Gasteiger partial charge in [0, 0.05) is 12.8 Å². The molecule has 1 rings (SSSR count). The number of aliphatic carboxylic acids is 1. The van der Waals surface area contributed by atoms with Crippen LogP contribution in [0.15, 0.2) is 24.3 Å². The van der Waals surface area contributed by atoms with Crippen LogP contribution in [0.2, 0.25) is 0 Å². The first kappa shape index (κ1) is 13.0.